The first-order valence-electron chi connectivity index (χ1n) is 8.67. The largest absolute Gasteiger partial charge is 0.324 e. The molecule has 3 rings (SSSR count). The van der Waals surface area contributed by atoms with Crippen LogP contribution in [0.5, 0.6) is 0 Å². The van der Waals surface area contributed by atoms with E-state index in [1.54, 1.807) is 10.6 Å². The van der Waals surface area contributed by atoms with Crippen LogP contribution in [0.1, 0.15) is 25.3 Å². The fraction of sp³-hybridized carbons (Fsp3) is 0.316. The molecule has 0 radical (unpaired) electrons. The Kier molecular flexibility index (Phi) is 6.57. The number of nitrogens with zero attached hydrogens (tertiary/aromatic N) is 2. The van der Waals surface area contributed by atoms with E-state index in [1.165, 1.54) is 23.1 Å². The number of halogens is 1. The number of para-hydroxylation sites is 1. The molecule has 0 aliphatic rings. The lowest BCUT2D eigenvalue weighted by atomic mass is 10.2. The van der Waals surface area contributed by atoms with E-state index in [0.29, 0.717) is 32.6 Å². The molecule has 0 fully saturated rings. The van der Waals surface area contributed by atoms with E-state index in [-0.39, 0.29) is 17.2 Å². The Morgan fingerprint density at radius 2 is 2.19 bits per heavy atom. The Labute approximate surface area is 170 Å². The van der Waals surface area contributed by atoms with Crippen LogP contribution in [0.2, 0.25) is 5.02 Å². The topological polar surface area (TPSA) is 64.0 Å². The number of unbranched alkanes of at least 4 members (excludes halogenated alkanes) is 1. The molecule has 5 nitrogen and oxygen atoms in total. The Morgan fingerprint density at radius 1 is 1.37 bits per heavy atom. The zero-order valence-electron chi connectivity index (χ0n) is 15.1. The van der Waals surface area contributed by atoms with Crippen molar-refractivity contribution in [1.82, 2.24) is 9.55 Å². The molecule has 2 heterocycles. The molecule has 0 saturated heterocycles. The lowest BCUT2D eigenvalue weighted by Crippen LogP contribution is -2.23. The number of aryl methyl sites for hydroxylation is 1. The van der Waals surface area contributed by atoms with Crippen molar-refractivity contribution in [3.8, 4) is 0 Å². The normalized spacial score (nSPS) is 11.1. The smallest absolute Gasteiger partial charge is 0.272 e. The molecule has 1 amide bonds. The Balaban J connectivity index is 1.79. The maximum Gasteiger partial charge on any atom is 0.272 e. The van der Waals surface area contributed by atoms with Gasteiger partial charge in [-0.3, -0.25) is 14.2 Å². The number of amides is 1. The van der Waals surface area contributed by atoms with Crippen LogP contribution in [0.15, 0.2) is 39.6 Å². The third kappa shape index (κ3) is 4.54. The van der Waals surface area contributed by atoms with Gasteiger partial charge in [0.2, 0.25) is 5.91 Å². The molecule has 0 saturated carbocycles. The van der Waals surface area contributed by atoms with Gasteiger partial charge < -0.3 is 5.32 Å². The maximum atomic E-state index is 12.7. The summed E-state index contributed by atoms with van der Waals surface area (Å²) in [6.45, 7) is 4.57. The number of nitrogens with one attached hydrogen (secondary N) is 1. The number of rotatable bonds is 7. The zero-order chi connectivity index (χ0) is 19.4. The van der Waals surface area contributed by atoms with Crippen LogP contribution in [0.3, 0.4) is 0 Å². The number of thioether (sulfide) groups is 1. The van der Waals surface area contributed by atoms with Crippen molar-refractivity contribution >= 4 is 56.5 Å². The van der Waals surface area contributed by atoms with Crippen LogP contribution in [0.25, 0.3) is 10.2 Å². The first-order valence-corrected chi connectivity index (χ1v) is 10.9. The molecule has 0 atom stereocenters. The molecule has 3 aromatic rings. The number of fused-ring (bicyclic) bond motifs is 1. The van der Waals surface area contributed by atoms with E-state index in [9.17, 15) is 9.59 Å². The van der Waals surface area contributed by atoms with Crippen LogP contribution in [0.4, 0.5) is 5.69 Å². The second kappa shape index (κ2) is 8.91. The summed E-state index contributed by atoms with van der Waals surface area (Å²) >= 11 is 8.84. The van der Waals surface area contributed by atoms with E-state index >= 15 is 0 Å². The SMILES string of the molecule is CCCCn1c(SCC(=O)Nc2c(C)cccc2Cl)nc2ccsc2c1=O. The van der Waals surface area contributed by atoms with Crippen molar-refractivity contribution < 1.29 is 4.79 Å². The number of benzene rings is 1. The second-order valence-electron chi connectivity index (χ2n) is 6.11. The maximum absolute atomic E-state index is 12.7. The van der Waals surface area contributed by atoms with E-state index < -0.39 is 0 Å². The average Bonchev–Trinajstić information content (AvgIpc) is 3.11. The fourth-order valence-corrected chi connectivity index (χ4v) is 4.52. The summed E-state index contributed by atoms with van der Waals surface area (Å²) in [7, 11) is 0. The van der Waals surface area contributed by atoms with Crippen LogP contribution in [-0.4, -0.2) is 21.2 Å². The molecule has 1 aromatic carbocycles. The number of anilines is 1. The van der Waals surface area contributed by atoms with E-state index in [0.717, 1.165) is 18.4 Å². The van der Waals surface area contributed by atoms with Crippen LogP contribution in [-0.2, 0) is 11.3 Å². The number of hydrogen-bond donors (Lipinski definition) is 1. The minimum absolute atomic E-state index is 0.0340. The van der Waals surface area contributed by atoms with Gasteiger partial charge >= 0.3 is 0 Å². The van der Waals surface area contributed by atoms with E-state index in [4.69, 9.17) is 11.6 Å². The highest BCUT2D eigenvalue weighted by Crippen LogP contribution is 2.26. The molecule has 2 aromatic heterocycles. The average molecular weight is 422 g/mol. The van der Waals surface area contributed by atoms with Crippen LogP contribution in [0, 0.1) is 6.92 Å². The monoisotopic (exact) mass is 421 g/mol. The predicted octanol–water partition coefficient (Wildman–Crippen LogP) is 4.95. The van der Waals surface area contributed by atoms with Gasteiger partial charge in [0.15, 0.2) is 5.16 Å². The number of thiophene rings is 1. The molecule has 0 spiro atoms. The van der Waals surface area contributed by atoms with Crippen LogP contribution >= 0.6 is 34.7 Å². The van der Waals surface area contributed by atoms with Crippen molar-refractivity contribution in [3.63, 3.8) is 0 Å². The van der Waals surface area contributed by atoms with Gasteiger partial charge in [0.05, 0.1) is 22.0 Å². The molecule has 142 valence electrons. The van der Waals surface area contributed by atoms with E-state index in [2.05, 4.69) is 17.2 Å². The van der Waals surface area contributed by atoms with Gasteiger partial charge in [-0.15, -0.1) is 11.3 Å². The van der Waals surface area contributed by atoms with Crippen molar-refractivity contribution in [1.29, 1.82) is 0 Å². The van der Waals surface area contributed by atoms with Gasteiger partial charge in [0.25, 0.3) is 5.56 Å². The summed E-state index contributed by atoms with van der Waals surface area (Å²) in [4.78, 5) is 29.7. The van der Waals surface area contributed by atoms with Gasteiger partial charge in [-0.1, -0.05) is 48.8 Å². The quantitative estimate of drug-likeness (QED) is 0.433. The van der Waals surface area contributed by atoms with Gasteiger partial charge in [0, 0.05) is 6.54 Å². The van der Waals surface area contributed by atoms with Crippen LogP contribution < -0.4 is 10.9 Å². The van der Waals surface area contributed by atoms with Crippen molar-refractivity contribution in [2.45, 2.75) is 38.4 Å². The number of carbonyl (C=O) groups excluding carboxylic acids is 1. The number of carbonyl (C=O) groups is 1. The van der Waals surface area contributed by atoms with Gasteiger partial charge in [0.1, 0.15) is 4.70 Å². The second-order valence-corrected chi connectivity index (χ2v) is 8.37. The lowest BCUT2D eigenvalue weighted by Gasteiger charge is -2.12. The third-order valence-corrected chi connectivity index (χ3v) is 6.27. The first-order chi connectivity index (χ1) is 13.0. The molecule has 1 N–H and O–H groups in total. The first kappa shape index (κ1) is 19.9. The summed E-state index contributed by atoms with van der Waals surface area (Å²) in [6.07, 6.45) is 1.86. The lowest BCUT2D eigenvalue weighted by molar-refractivity contribution is -0.113. The molecular formula is C19H20ClN3O2S2. The van der Waals surface area contributed by atoms with Crippen molar-refractivity contribution in [3.05, 3.63) is 50.6 Å². The summed E-state index contributed by atoms with van der Waals surface area (Å²) in [5, 5.41) is 5.80. The Hall–Kier alpha value is -1.83. The Morgan fingerprint density at radius 3 is 2.93 bits per heavy atom. The predicted molar refractivity (Wildman–Crippen MR) is 114 cm³/mol. The minimum atomic E-state index is -0.182. The van der Waals surface area contributed by atoms with Gasteiger partial charge in [-0.25, -0.2) is 4.98 Å². The van der Waals surface area contributed by atoms with Gasteiger partial charge in [-0.2, -0.15) is 0 Å². The summed E-state index contributed by atoms with van der Waals surface area (Å²) in [5.41, 5.74) is 2.17. The molecule has 8 heteroatoms. The zero-order valence-corrected chi connectivity index (χ0v) is 17.5. The fourth-order valence-electron chi connectivity index (χ4n) is 2.64. The molecule has 27 heavy (non-hydrogen) atoms. The minimum Gasteiger partial charge on any atom is -0.324 e. The summed E-state index contributed by atoms with van der Waals surface area (Å²) < 4.78 is 2.34. The van der Waals surface area contributed by atoms with Crippen molar-refractivity contribution in [2.75, 3.05) is 11.1 Å². The summed E-state index contributed by atoms with van der Waals surface area (Å²) in [6, 6.07) is 7.31. The third-order valence-electron chi connectivity index (χ3n) is 4.08. The molecule has 0 bridgehead atoms. The summed E-state index contributed by atoms with van der Waals surface area (Å²) in [5.74, 6) is -0.0308. The molecular weight excluding hydrogens is 402 g/mol. The molecule has 0 aliphatic heterocycles. The highest BCUT2D eigenvalue weighted by Gasteiger charge is 2.15. The number of hydrogen-bond acceptors (Lipinski definition) is 5. The van der Waals surface area contributed by atoms with E-state index in [1.807, 2.05) is 30.5 Å². The Bertz CT molecular complexity index is 1010. The standard InChI is InChI=1S/C19H20ClN3O2S2/c1-3-4-9-23-18(25)17-14(8-10-26-17)21-19(23)27-11-15(24)22-16-12(2)6-5-7-13(16)20/h5-8,10H,3-4,9,11H2,1-2H3,(H,22,24). The highest BCUT2D eigenvalue weighted by molar-refractivity contribution is 7.99. The highest BCUT2D eigenvalue weighted by atomic mass is 35.5. The molecule has 0 aliphatic carbocycles. The number of aromatic nitrogens is 2. The van der Waals surface area contributed by atoms with Crippen molar-refractivity contribution in [2.24, 2.45) is 0 Å². The molecule has 0 unspecified atom stereocenters. The van der Waals surface area contributed by atoms with Gasteiger partial charge in [-0.05, 0) is 36.4 Å².